The second-order valence-electron chi connectivity index (χ2n) is 4.70. The highest BCUT2D eigenvalue weighted by Crippen LogP contribution is 2.00. The molecule has 106 valence electrons. The van der Waals surface area contributed by atoms with Gasteiger partial charge in [0.2, 0.25) is 11.8 Å². The highest BCUT2D eigenvalue weighted by Gasteiger charge is 2.00. The van der Waals surface area contributed by atoms with Crippen molar-refractivity contribution < 1.29 is 9.59 Å². The minimum absolute atomic E-state index is 0.0137. The van der Waals surface area contributed by atoms with Crippen LogP contribution in [0.1, 0.15) is 65.2 Å². The van der Waals surface area contributed by atoms with Crippen LogP contribution in [-0.2, 0) is 9.59 Å². The summed E-state index contributed by atoms with van der Waals surface area (Å²) in [6.07, 6.45) is 8.21. The Morgan fingerprint density at radius 2 is 1.44 bits per heavy atom. The van der Waals surface area contributed by atoms with Crippen LogP contribution in [0.3, 0.4) is 0 Å². The minimum Gasteiger partial charge on any atom is -0.356 e. The Kier molecular flexibility index (Phi) is 11.7. The number of rotatable bonds is 11. The van der Waals surface area contributed by atoms with Gasteiger partial charge in [0.1, 0.15) is 0 Å². The van der Waals surface area contributed by atoms with E-state index in [0.717, 1.165) is 32.2 Å². The quantitative estimate of drug-likeness (QED) is 0.558. The van der Waals surface area contributed by atoms with Crippen LogP contribution in [-0.4, -0.2) is 24.9 Å². The molecule has 0 aromatic rings. The fourth-order valence-corrected chi connectivity index (χ4v) is 1.72. The molecule has 0 rings (SSSR count). The van der Waals surface area contributed by atoms with Gasteiger partial charge in [-0.3, -0.25) is 9.59 Å². The second kappa shape index (κ2) is 12.4. The third-order valence-corrected chi connectivity index (χ3v) is 2.81. The zero-order valence-corrected chi connectivity index (χ0v) is 11.9. The number of nitrogens with one attached hydrogen (secondary N) is 2. The molecule has 0 radical (unpaired) electrons. The zero-order chi connectivity index (χ0) is 13.6. The average Bonchev–Trinajstić information content (AvgIpc) is 2.33. The summed E-state index contributed by atoms with van der Waals surface area (Å²) in [5, 5.41) is 5.69. The van der Waals surface area contributed by atoms with Crippen LogP contribution in [0.2, 0.25) is 0 Å². The number of carbonyl (C=O) groups is 2. The van der Waals surface area contributed by atoms with Crippen molar-refractivity contribution in [2.75, 3.05) is 13.1 Å². The maximum Gasteiger partial charge on any atom is 0.219 e. The van der Waals surface area contributed by atoms with E-state index < -0.39 is 0 Å². The van der Waals surface area contributed by atoms with Crippen molar-refractivity contribution in [1.29, 1.82) is 0 Å². The molecule has 0 unspecified atom stereocenters. The molecule has 0 saturated carbocycles. The number of amides is 2. The fraction of sp³-hybridized carbons (Fsp3) is 0.857. The molecule has 0 aliphatic rings. The van der Waals surface area contributed by atoms with Gasteiger partial charge in [-0.05, 0) is 19.3 Å². The number of unbranched alkanes of at least 4 members (excludes halogenated alkanes) is 5. The smallest absolute Gasteiger partial charge is 0.219 e. The molecule has 4 heteroatoms. The van der Waals surface area contributed by atoms with Crippen LogP contribution in [0.15, 0.2) is 0 Å². The highest BCUT2D eigenvalue weighted by atomic mass is 16.2. The molecule has 2 amide bonds. The van der Waals surface area contributed by atoms with Gasteiger partial charge in [0, 0.05) is 26.4 Å². The van der Waals surface area contributed by atoms with Crippen LogP contribution >= 0.6 is 0 Å². The van der Waals surface area contributed by atoms with Crippen LogP contribution in [0.5, 0.6) is 0 Å². The van der Waals surface area contributed by atoms with Crippen molar-refractivity contribution in [3.05, 3.63) is 0 Å². The van der Waals surface area contributed by atoms with Gasteiger partial charge in [0.05, 0.1) is 0 Å². The Labute approximate surface area is 111 Å². The maximum atomic E-state index is 11.4. The molecule has 0 spiro atoms. The van der Waals surface area contributed by atoms with Crippen LogP contribution in [0, 0.1) is 0 Å². The number of hydrogen-bond acceptors (Lipinski definition) is 2. The van der Waals surface area contributed by atoms with E-state index in [1.807, 2.05) is 0 Å². The van der Waals surface area contributed by atoms with E-state index >= 15 is 0 Å². The van der Waals surface area contributed by atoms with E-state index in [-0.39, 0.29) is 11.8 Å². The van der Waals surface area contributed by atoms with Gasteiger partial charge in [-0.25, -0.2) is 0 Å². The summed E-state index contributed by atoms with van der Waals surface area (Å²) in [6, 6.07) is 0. The summed E-state index contributed by atoms with van der Waals surface area (Å²) in [4.78, 5) is 22.0. The Morgan fingerprint density at radius 3 is 2.06 bits per heavy atom. The molecule has 0 aromatic heterocycles. The van der Waals surface area contributed by atoms with Gasteiger partial charge in [-0.2, -0.15) is 0 Å². The maximum absolute atomic E-state index is 11.4. The fourth-order valence-electron chi connectivity index (χ4n) is 1.72. The first-order valence-corrected chi connectivity index (χ1v) is 7.18. The monoisotopic (exact) mass is 256 g/mol. The minimum atomic E-state index is 0.0137. The van der Waals surface area contributed by atoms with Crippen molar-refractivity contribution in [2.45, 2.75) is 65.2 Å². The molecule has 0 aromatic carbocycles. The molecule has 0 aliphatic heterocycles. The first kappa shape index (κ1) is 16.9. The lowest BCUT2D eigenvalue weighted by molar-refractivity contribution is -0.121. The molecular formula is C14H28N2O2. The van der Waals surface area contributed by atoms with E-state index in [1.54, 1.807) is 0 Å². The number of carbonyl (C=O) groups excluding carboxylic acids is 2. The van der Waals surface area contributed by atoms with E-state index in [2.05, 4.69) is 17.6 Å². The van der Waals surface area contributed by atoms with E-state index in [0.29, 0.717) is 13.0 Å². The summed E-state index contributed by atoms with van der Waals surface area (Å²) < 4.78 is 0. The van der Waals surface area contributed by atoms with E-state index in [4.69, 9.17) is 0 Å². The van der Waals surface area contributed by atoms with Crippen LogP contribution in [0.4, 0.5) is 0 Å². The average molecular weight is 256 g/mol. The molecule has 18 heavy (non-hydrogen) atoms. The molecule has 4 nitrogen and oxygen atoms in total. The lowest BCUT2D eigenvalue weighted by Gasteiger charge is -2.05. The van der Waals surface area contributed by atoms with E-state index in [9.17, 15) is 9.59 Å². The molecule has 0 bridgehead atoms. The summed E-state index contributed by atoms with van der Waals surface area (Å²) in [5.41, 5.74) is 0. The Balaban J connectivity index is 3.19. The Hall–Kier alpha value is -1.06. The van der Waals surface area contributed by atoms with Crippen molar-refractivity contribution >= 4 is 11.8 Å². The SMILES string of the molecule is CCCCCCNC(=O)CCCCCNC(C)=O. The standard InChI is InChI=1S/C14H28N2O2/c1-3-4-5-8-12-16-14(18)10-7-6-9-11-15-13(2)17/h3-12H2,1-2H3,(H,15,17)(H,16,18). The molecule has 2 N–H and O–H groups in total. The summed E-state index contributed by atoms with van der Waals surface area (Å²) >= 11 is 0. The first-order valence-electron chi connectivity index (χ1n) is 7.18. The second-order valence-corrected chi connectivity index (χ2v) is 4.70. The highest BCUT2D eigenvalue weighted by molar-refractivity contribution is 5.75. The largest absolute Gasteiger partial charge is 0.356 e. The Morgan fingerprint density at radius 1 is 0.833 bits per heavy atom. The van der Waals surface area contributed by atoms with Gasteiger partial charge >= 0.3 is 0 Å². The molecule has 0 heterocycles. The normalized spacial score (nSPS) is 10.1. The molecule has 0 saturated heterocycles. The first-order chi connectivity index (χ1) is 8.66. The third kappa shape index (κ3) is 13.0. The van der Waals surface area contributed by atoms with Crippen LogP contribution < -0.4 is 10.6 Å². The van der Waals surface area contributed by atoms with E-state index in [1.165, 1.54) is 26.2 Å². The summed E-state index contributed by atoms with van der Waals surface area (Å²) in [7, 11) is 0. The third-order valence-electron chi connectivity index (χ3n) is 2.81. The predicted molar refractivity (Wildman–Crippen MR) is 74.3 cm³/mol. The van der Waals surface area contributed by atoms with Gasteiger partial charge in [-0.1, -0.05) is 32.6 Å². The van der Waals surface area contributed by atoms with Gasteiger partial charge in [-0.15, -0.1) is 0 Å². The van der Waals surface area contributed by atoms with Gasteiger partial charge in [0.15, 0.2) is 0 Å². The topological polar surface area (TPSA) is 58.2 Å². The molecule has 0 fully saturated rings. The predicted octanol–water partition coefficient (Wildman–Crippen LogP) is 2.38. The van der Waals surface area contributed by atoms with Gasteiger partial charge < -0.3 is 10.6 Å². The lowest BCUT2D eigenvalue weighted by Crippen LogP contribution is -2.24. The Bertz CT molecular complexity index is 230. The van der Waals surface area contributed by atoms with Crippen molar-refractivity contribution in [3.8, 4) is 0 Å². The van der Waals surface area contributed by atoms with Crippen molar-refractivity contribution in [2.24, 2.45) is 0 Å². The zero-order valence-electron chi connectivity index (χ0n) is 11.9. The molecule has 0 aliphatic carbocycles. The summed E-state index contributed by atoms with van der Waals surface area (Å²) in [5.74, 6) is 0.172. The summed E-state index contributed by atoms with van der Waals surface area (Å²) in [6.45, 7) is 5.23. The molecular weight excluding hydrogens is 228 g/mol. The number of hydrogen-bond donors (Lipinski definition) is 2. The van der Waals surface area contributed by atoms with Crippen LogP contribution in [0.25, 0.3) is 0 Å². The van der Waals surface area contributed by atoms with Crippen molar-refractivity contribution in [1.82, 2.24) is 10.6 Å². The van der Waals surface area contributed by atoms with Crippen molar-refractivity contribution in [3.63, 3.8) is 0 Å². The van der Waals surface area contributed by atoms with Gasteiger partial charge in [0.25, 0.3) is 0 Å². The lowest BCUT2D eigenvalue weighted by atomic mass is 10.2. The molecule has 0 atom stereocenters.